The number of carbonyl (C=O) groups excluding carboxylic acids is 3. The molecule has 0 aliphatic carbocycles. The molecule has 0 spiro atoms. The van der Waals surface area contributed by atoms with E-state index in [4.69, 9.17) is 0 Å². The minimum Gasteiger partial charge on any atom is -0.501 e. The van der Waals surface area contributed by atoms with Crippen molar-refractivity contribution in [1.29, 1.82) is 0 Å². The molecule has 0 saturated heterocycles. The van der Waals surface area contributed by atoms with Crippen molar-refractivity contribution in [3.05, 3.63) is 57.0 Å². The molecule has 35 heavy (non-hydrogen) atoms. The molecule has 1 atom stereocenters. The van der Waals surface area contributed by atoms with Gasteiger partial charge in [0.2, 0.25) is 5.75 Å². The number of likely N-dealkylation sites (N-methyl/N-ethyl adjacent to an activating group) is 1. The Kier molecular flexibility index (Phi) is 9.50. The first-order chi connectivity index (χ1) is 16.6. The maximum atomic E-state index is 13.5. The summed E-state index contributed by atoms with van der Waals surface area (Å²) in [4.78, 5) is 55.1. The van der Waals surface area contributed by atoms with Crippen LogP contribution in [0.4, 0.5) is 4.39 Å². The molecule has 10 nitrogen and oxygen atoms in total. The lowest BCUT2D eigenvalue weighted by Gasteiger charge is -2.20. The van der Waals surface area contributed by atoms with Gasteiger partial charge in [0.25, 0.3) is 11.5 Å². The Hall–Kier alpha value is -3.76. The third kappa shape index (κ3) is 6.43. The average Bonchev–Trinajstić information content (AvgIpc) is 3.04. The van der Waals surface area contributed by atoms with Crippen LogP contribution in [-0.4, -0.2) is 51.4 Å². The highest BCUT2D eigenvalue weighted by atomic mass is 19.1. The number of fused-ring (bicyclic) bond motifs is 1. The number of amides is 3. The van der Waals surface area contributed by atoms with Gasteiger partial charge in [-0.3, -0.25) is 23.7 Å². The highest BCUT2D eigenvalue weighted by Crippen LogP contribution is 2.24. The molecule has 1 aliphatic rings. The van der Waals surface area contributed by atoms with Gasteiger partial charge in [0.1, 0.15) is 11.6 Å². The molecule has 1 aliphatic heterocycles. The number of halogens is 1. The van der Waals surface area contributed by atoms with Gasteiger partial charge in [-0.25, -0.2) is 9.37 Å². The molecule has 0 saturated carbocycles. The van der Waals surface area contributed by atoms with Crippen LogP contribution in [0, 0.1) is 12.7 Å². The summed E-state index contributed by atoms with van der Waals surface area (Å²) in [6, 6.07) is 3.57. The SMILES string of the molecule is CC.Cc1cc(CNC(=O)c2nc3n(c(=O)c2O)CCCCC3NC(=O)C(=O)N(C)C)ccc1F. The molecule has 1 aromatic carbocycles. The second kappa shape index (κ2) is 12.1. The number of benzene rings is 1. The fourth-order valence-electron chi connectivity index (χ4n) is 3.59. The number of hydrogen-bond donors (Lipinski definition) is 3. The van der Waals surface area contributed by atoms with E-state index < -0.39 is 40.8 Å². The van der Waals surface area contributed by atoms with Crippen molar-refractivity contribution >= 4 is 17.7 Å². The fraction of sp³-hybridized carbons (Fsp3) is 0.458. The molecule has 2 heterocycles. The first-order valence-electron chi connectivity index (χ1n) is 11.5. The Morgan fingerprint density at radius 3 is 2.54 bits per heavy atom. The summed E-state index contributed by atoms with van der Waals surface area (Å²) in [6.45, 7) is 5.87. The van der Waals surface area contributed by atoms with Crippen LogP contribution in [0.5, 0.6) is 5.75 Å². The maximum Gasteiger partial charge on any atom is 0.311 e. The summed E-state index contributed by atoms with van der Waals surface area (Å²) in [5.74, 6) is -3.50. The minimum absolute atomic E-state index is 0.0248. The summed E-state index contributed by atoms with van der Waals surface area (Å²) < 4.78 is 14.7. The van der Waals surface area contributed by atoms with Crippen molar-refractivity contribution in [3.63, 3.8) is 0 Å². The smallest absolute Gasteiger partial charge is 0.311 e. The van der Waals surface area contributed by atoms with Crippen LogP contribution in [-0.2, 0) is 22.7 Å². The predicted molar refractivity (Wildman–Crippen MR) is 127 cm³/mol. The van der Waals surface area contributed by atoms with E-state index in [1.807, 2.05) is 13.8 Å². The van der Waals surface area contributed by atoms with E-state index in [9.17, 15) is 28.7 Å². The molecule has 2 aromatic rings. The Morgan fingerprint density at radius 1 is 1.23 bits per heavy atom. The van der Waals surface area contributed by atoms with E-state index in [0.29, 0.717) is 30.4 Å². The van der Waals surface area contributed by atoms with Crippen molar-refractivity contribution in [2.24, 2.45) is 0 Å². The Balaban J connectivity index is 0.00000210. The molecule has 0 radical (unpaired) electrons. The number of aromatic nitrogens is 2. The molecule has 1 unspecified atom stereocenters. The van der Waals surface area contributed by atoms with Crippen molar-refractivity contribution in [2.45, 2.75) is 59.2 Å². The standard InChI is InChI=1S/C22H26FN5O5.C2H6/c1-12-10-13(7-8-14(12)23)11-24-19(30)16-17(29)21(32)28-9-5-4-6-15(18(28)26-16)25-20(31)22(33)27(2)3;1-2/h7-8,10,15,29H,4-6,9,11H2,1-3H3,(H,24,30)(H,25,31);1-2H3. The van der Waals surface area contributed by atoms with Gasteiger partial charge in [0.15, 0.2) is 5.69 Å². The number of aromatic hydroxyl groups is 1. The summed E-state index contributed by atoms with van der Waals surface area (Å²) in [7, 11) is 2.88. The van der Waals surface area contributed by atoms with Gasteiger partial charge in [-0.15, -0.1) is 0 Å². The van der Waals surface area contributed by atoms with Crippen LogP contribution in [0.2, 0.25) is 0 Å². The molecule has 11 heteroatoms. The highest BCUT2D eigenvalue weighted by Gasteiger charge is 2.29. The first kappa shape index (κ1) is 27.5. The molecule has 3 rings (SSSR count). The second-order valence-corrected chi connectivity index (χ2v) is 8.11. The number of rotatable bonds is 4. The Morgan fingerprint density at radius 2 is 1.91 bits per heavy atom. The van der Waals surface area contributed by atoms with E-state index in [1.54, 1.807) is 13.0 Å². The van der Waals surface area contributed by atoms with Crippen molar-refractivity contribution in [3.8, 4) is 5.75 Å². The number of carbonyl (C=O) groups is 3. The normalized spacial score (nSPS) is 14.5. The van der Waals surface area contributed by atoms with Crippen LogP contribution in [0.15, 0.2) is 23.0 Å². The van der Waals surface area contributed by atoms with Crippen molar-refractivity contribution in [2.75, 3.05) is 14.1 Å². The zero-order valence-corrected chi connectivity index (χ0v) is 20.6. The second-order valence-electron chi connectivity index (χ2n) is 8.11. The largest absolute Gasteiger partial charge is 0.501 e. The Bertz CT molecular complexity index is 1160. The third-order valence-corrected chi connectivity index (χ3v) is 5.41. The van der Waals surface area contributed by atoms with Crippen LogP contribution in [0.3, 0.4) is 0 Å². The molecule has 1 aromatic heterocycles. The van der Waals surface area contributed by atoms with Gasteiger partial charge in [0.05, 0.1) is 6.04 Å². The lowest BCUT2D eigenvalue weighted by molar-refractivity contribution is -0.144. The molecule has 0 fully saturated rings. The predicted octanol–water partition coefficient (Wildman–Crippen LogP) is 1.78. The van der Waals surface area contributed by atoms with Crippen molar-refractivity contribution in [1.82, 2.24) is 25.1 Å². The molecule has 3 N–H and O–H groups in total. The number of nitrogens with one attached hydrogen (secondary N) is 2. The van der Waals surface area contributed by atoms with Crippen molar-refractivity contribution < 1.29 is 23.9 Å². The van der Waals surface area contributed by atoms with Gasteiger partial charge in [-0.05, 0) is 43.4 Å². The minimum atomic E-state index is -0.863. The van der Waals surface area contributed by atoms with Crippen LogP contribution < -0.4 is 16.2 Å². The lowest BCUT2D eigenvalue weighted by Crippen LogP contribution is -2.42. The number of nitrogens with zero attached hydrogens (tertiary/aromatic N) is 3. The van der Waals surface area contributed by atoms with Gasteiger partial charge in [0, 0.05) is 27.2 Å². The summed E-state index contributed by atoms with van der Waals surface area (Å²) in [5.41, 5.74) is -0.245. The van der Waals surface area contributed by atoms with E-state index in [-0.39, 0.29) is 24.7 Å². The van der Waals surface area contributed by atoms with E-state index >= 15 is 0 Å². The zero-order chi connectivity index (χ0) is 26.3. The number of aryl methyl sites for hydroxylation is 1. The van der Waals surface area contributed by atoms with Gasteiger partial charge in [-0.1, -0.05) is 26.0 Å². The quantitative estimate of drug-likeness (QED) is 0.561. The third-order valence-electron chi connectivity index (χ3n) is 5.41. The van der Waals surface area contributed by atoms with Gasteiger partial charge in [-0.2, -0.15) is 0 Å². The highest BCUT2D eigenvalue weighted by molar-refractivity contribution is 6.34. The van der Waals surface area contributed by atoms with E-state index in [0.717, 1.165) is 4.90 Å². The van der Waals surface area contributed by atoms with E-state index in [2.05, 4.69) is 15.6 Å². The zero-order valence-electron chi connectivity index (χ0n) is 20.6. The topological polar surface area (TPSA) is 134 Å². The van der Waals surface area contributed by atoms with Gasteiger partial charge >= 0.3 is 11.8 Å². The molecule has 0 bridgehead atoms. The summed E-state index contributed by atoms with van der Waals surface area (Å²) >= 11 is 0. The molecular formula is C24H32FN5O5. The average molecular weight is 490 g/mol. The molecule has 3 amide bonds. The lowest BCUT2D eigenvalue weighted by atomic mass is 10.1. The van der Waals surface area contributed by atoms with Crippen LogP contribution in [0.1, 0.15) is 66.6 Å². The van der Waals surface area contributed by atoms with Crippen LogP contribution >= 0.6 is 0 Å². The summed E-state index contributed by atoms with van der Waals surface area (Å²) in [5, 5.41) is 15.5. The summed E-state index contributed by atoms with van der Waals surface area (Å²) in [6.07, 6.45) is 1.63. The molecule has 190 valence electrons. The monoisotopic (exact) mass is 489 g/mol. The van der Waals surface area contributed by atoms with Crippen LogP contribution in [0.25, 0.3) is 0 Å². The first-order valence-corrected chi connectivity index (χ1v) is 11.5. The van der Waals surface area contributed by atoms with E-state index in [1.165, 1.54) is 30.8 Å². The Labute approximate surface area is 203 Å². The fourth-order valence-corrected chi connectivity index (χ4v) is 3.59. The molecular weight excluding hydrogens is 457 g/mol. The number of hydrogen-bond acceptors (Lipinski definition) is 6. The maximum absolute atomic E-state index is 13.5. The van der Waals surface area contributed by atoms with Gasteiger partial charge < -0.3 is 20.6 Å².